The van der Waals surface area contributed by atoms with Crippen LogP contribution in [0.3, 0.4) is 0 Å². The highest BCUT2D eigenvalue weighted by Crippen LogP contribution is 2.34. The van der Waals surface area contributed by atoms with E-state index < -0.39 is 11.8 Å². The Morgan fingerprint density at radius 2 is 1.59 bits per heavy atom. The van der Waals surface area contributed by atoms with Crippen molar-refractivity contribution in [1.82, 2.24) is 10.3 Å². The number of pyridine rings is 1. The van der Waals surface area contributed by atoms with Crippen molar-refractivity contribution in [3.05, 3.63) is 89.6 Å². The molecule has 0 saturated carbocycles. The van der Waals surface area contributed by atoms with E-state index in [2.05, 4.69) is 27.9 Å². The second kappa shape index (κ2) is 12.0. The van der Waals surface area contributed by atoms with Crippen LogP contribution in [0.2, 0.25) is 0 Å². The molecule has 0 fully saturated rings. The molecule has 0 spiro atoms. The quantitative estimate of drug-likeness (QED) is 0.269. The Balaban J connectivity index is 1.58. The van der Waals surface area contributed by atoms with Crippen molar-refractivity contribution in [3.63, 3.8) is 0 Å². The molecule has 1 heterocycles. The summed E-state index contributed by atoms with van der Waals surface area (Å²) in [6.45, 7) is 3.89. The lowest BCUT2D eigenvalue weighted by atomic mass is 10.1. The van der Waals surface area contributed by atoms with Crippen molar-refractivity contribution >= 4 is 34.1 Å². The average Bonchev–Trinajstić information content (AvgIpc) is 2.93. The fraction of sp³-hybridized carbons (Fsp3) is 0.207. The topological polar surface area (TPSA) is 102 Å². The van der Waals surface area contributed by atoms with Gasteiger partial charge in [0.05, 0.1) is 36.6 Å². The molecule has 3 aromatic carbocycles. The van der Waals surface area contributed by atoms with E-state index in [1.165, 1.54) is 26.0 Å². The van der Waals surface area contributed by atoms with Gasteiger partial charge in [0.2, 0.25) is 0 Å². The number of hydrogen-bond donors (Lipinski definition) is 3. The lowest BCUT2D eigenvalue weighted by molar-refractivity contribution is 0.102. The smallest absolute Gasteiger partial charge is 0.257 e. The molecule has 1 aromatic heterocycles. The van der Waals surface area contributed by atoms with Crippen molar-refractivity contribution in [2.24, 2.45) is 0 Å². The van der Waals surface area contributed by atoms with E-state index in [1.807, 2.05) is 48.5 Å². The van der Waals surface area contributed by atoms with Gasteiger partial charge in [-0.25, -0.2) is 0 Å². The number of amides is 2. The van der Waals surface area contributed by atoms with Gasteiger partial charge in [-0.3, -0.25) is 14.6 Å². The first kappa shape index (κ1) is 25.7. The number of carbonyl (C=O) groups excluding carboxylic acids is 2. The van der Waals surface area contributed by atoms with Gasteiger partial charge in [-0.2, -0.15) is 0 Å². The summed E-state index contributed by atoms with van der Waals surface area (Å²) in [5, 5.41) is 9.88. The summed E-state index contributed by atoms with van der Waals surface area (Å²) >= 11 is 0. The molecule has 8 nitrogen and oxygen atoms in total. The molecule has 0 atom stereocenters. The van der Waals surface area contributed by atoms with Crippen molar-refractivity contribution in [2.45, 2.75) is 13.3 Å². The van der Waals surface area contributed by atoms with Gasteiger partial charge in [-0.05, 0) is 55.4 Å². The van der Waals surface area contributed by atoms with Crippen LogP contribution in [0.15, 0.2) is 72.9 Å². The monoisotopic (exact) mass is 498 g/mol. The largest absolute Gasteiger partial charge is 0.493 e. The van der Waals surface area contributed by atoms with Crippen molar-refractivity contribution in [2.75, 3.05) is 37.9 Å². The molecule has 4 rings (SSSR count). The summed E-state index contributed by atoms with van der Waals surface area (Å²) in [6.07, 6.45) is 2.41. The maximum Gasteiger partial charge on any atom is 0.257 e. The van der Waals surface area contributed by atoms with Crippen molar-refractivity contribution in [1.29, 1.82) is 0 Å². The Hall–Kier alpha value is -4.43. The van der Waals surface area contributed by atoms with Gasteiger partial charge in [0.1, 0.15) is 0 Å². The number of para-hydroxylation sites is 1. The third-order valence-corrected chi connectivity index (χ3v) is 5.92. The van der Waals surface area contributed by atoms with Crippen LogP contribution in [0, 0.1) is 0 Å². The Bertz CT molecular complexity index is 1400. The molecule has 8 heteroatoms. The highest BCUT2D eigenvalue weighted by Gasteiger charge is 2.20. The summed E-state index contributed by atoms with van der Waals surface area (Å²) in [7, 11) is 2.98. The number of benzene rings is 3. The highest BCUT2D eigenvalue weighted by molar-refractivity contribution is 6.13. The minimum atomic E-state index is -0.399. The lowest BCUT2D eigenvalue weighted by Crippen LogP contribution is -2.19. The molecular formula is C29H30N4O4. The fourth-order valence-corrected chi connectivity index (χ4v) is 3.92. The van der Waals surface area contributed by atoms with Crippen LogP contribution in [0.5, 0.6) is 11.5 Å². The summed E-state index contributed by atoms with van der Waals surface area (Å²) in [6, 6.07) is 20.1. The number of hydrogen-bond acceptors (Lipinski definition) is 6. The SMILES string of the molecule is CCNCCc1ccc(NC(=O)c2cc(OC)c(OC)cc2NC(=O)c2cnc3ccccc3c2)cc1. The third-order valence-electron chi connectivity index (χ3n) is 5.92. The molecule has 37 heavy (non-hydrogen) atoms. The number of aromatic nitrogens is 1. The number of methoxy groups -OCH3 is 2. The Morgan fingerprint density at radius 1 is 0.865 bits per heavy atom. The second-order valence-corrected chi connectivity index (χ2v) is 8.38. The molecule has 2 amide bonds. The second-order valence-electron chi connectivity index (χ2n) is 8.38. The van der Waals surface area contributed by atoms with Gasteiger partial charge in [-0.15, -0.1) is 0 Å². The highest BCUT2D eigenvalue weighted by atomic mass is 16.5. The maximum absolute atomic E-state index is 13.3. The van der Waals surface area contributed by atoms with Gasteiger partial charge in [0.15, 0.2) is 11.5 Å². The minimum Gasteiger partial charge on any atom is -0.493 e. The van der Waals surface area contributed by atoms with E-state index in [9.17, 15) is 9.59 Å². The summed E-state index contributed by atoms with van der Waals surface area (Å²) < 4.78 is 10.8. The van der Waals surface area contributed by atoms with Crippen molar-refractivity contribution < 1.29 is 19.1 Å². The Labute approximate surface area is 216 Å². The first-order valence-corrected chi connectivity index (χ1v) is 12.1. The molecule has 3 N–H and O–H groups in total. The van der Waals surface area contributed by atoms with Gasteiger partial charge >= 0.3 is 0 Å². The Kier molecular flexibility index (Phi) is 8.33. The number of likely N-dealkylation sites (N-methyl/N-ethyl adjacent to an activating group) is 1. The van der Waals surface area contributed by atoms with Gasteiger partial charge in [0, 0.05) is 23.3 Å². The molecule has 0 unspecified atom stereocenters. The normalized spacial score (nSPS) is 10.7. The fourth-order valence-electron chi connectivity index (χ4n) is 3.92. The number of nitrogens with zero attached hydrogens (tertiary/aromatic N) is 1. The molecule has 0 bridgehead atoms. The zero-order valence-corrected chi connectivity index (χ0v) is 21.1. The van der Waals surface area contributed by atoms with Crippen LogP contribution in [0.1, 0.15) is 33.2 Å². The first-order valence-electron chi connectivity index (χ1n) is 12.1. The number of rotatable bonds is 10. The predicted molar refractivity (Wildman–Crippen MR) is 146 cm³/mol. The van der Waals surface area contributed by atoms with E-state index in [0.717, 1.165) is 30.4 Å². The van der Waals surface area contributed by atoms with Gasteiger partial charge < -0.3 is 25.4 Å². The van der Waals surface area contributed by atoms with Gasteiger partial charge in [0.25, 0.3) is 11.8 Å². The maximum atomic E-state index is 13.3. The van der Waals surface area contributed by atoms with E-state index in [4.69, 9.17) is 9.47 Å². The van der Waals surface area contributed by atoms with Crippen LogP contribution >= 0.6 is 0 Å². The molecule has 4 aromatic rings. The molecule has 0 aliphatic carbocycles. The van der Waals surface area contributed by atoms with Crippen LogP contribution in [0.4, 0.5) is 11.4 Å². The van der Waals surface area contributed by atoms with Crippen molar-refractivity contribution in [3.8, 4) is 11.5 Å². The molecule has 0 aliphatic heterocycles. The van der Waals surface area contributed by atoms with Crippen LogP contribution in [0.25, 0.3) is 10.9 Å². The lowest BCUT2D eigenvalue weighted by Gasteiger charge is -2.16. The summed E-state index contributed by atoms with van der Waals surface area (Å²) in [4.78, 5) is 30.8. The molecule has 190 valence electrons. The van der Waals surface area contributed by atoms with Crippen LogP contribution in [-0.4, -0.2) is 44.1 Å². The first-order chi connectivity index (χ1) is 18.0. The standard InChI is InChI=1S/C29H30N4O4/c1-4-30-14-13-19-9-11-22(12-10-19)32-29(35)23-16-26(36-2)27(37-3)17-25(23)33-28(34)21-15-20-7-5-6-8-24(20)31-18-21/h5-12,15-18,30H,4,13-14H2,1-3H3,(H,32,35)(H,33,34). The number of nitrogens with one attached hydrogen (secondary N) is 3. The zero-order valence-electron chi connectivity index (χ0n) is 21.1. The molecule has 0 aliphatic rings. The van der Waals surface area contributed by atoms with Gasteiger partial charge in [-0.1, -0.05) is 37.3 Å². The molecule has 0 radical (unpaired) electrons. The van der Waals surface area contributed by atoms with E-state index >= 15 is 0 Å². The summed E-state index contributed by atoms with van der Waals surface area (Å²) in [5.74, 6) is -0.0364. The Morgan fingerprint density at radius 3 is 2.32 bits per heavy atom. The van der Waals surface area contributed by atoms with E-state index in [-0.39, 0.29) is 11.3 Å². The summed E-state index contributed by atoms with van der Waals surface area (Å²) in [5.41, 5.74) is 3.49. The molecular weight excluding hydrogens is 468 g/mol. The van der Waals surface area contributed by atoms with Crippen LogP contribution in [-0.2, 0) is 6.42 Å². The third kappa shape index (κ3) is 6.23. The predicted octanol–water partition coefficient (Wildman–Crippen LogP) is 4.91. The average molecular weight is 499 g/mol. The number of fused-ring (bicyclic) bond motifs is 1. The molecule has 0 saturated heterocycles. The number of anilines is 2. The zero-order chi connectivity index (χ0) is 26.2. The number of carbonyl (C=O) groups is 2. The van der Waals surface area contributed by atoms with E-state index in [0.29, 0.717) is 22.7 Å². The minimum absolute atomic E-state index is 0.232. The van der Waals surface area contributed by atoms with Crippen LogP contribution < -0.4 is 25.4 Å². The number of ether oxygens (including phenoxy) is 2. The van der Waals surface area contributed by atoms with E-state index in [1.54, 1.807) is 18.2 Å².